The van der Waals surface area contributed by atoms with Crippen LogP contribution in [-0.4, -0.2) is 23.2 Å². The van der Waals surface area contributed by atoms with Crippen molar-refractivity contribution in [3.05, 3.63) is 48.0 Å². The van der Waals surface area contributed by atoms with E-state index >= 15 is 0 Å². The van der Waals surface area contributed by atoms with Crippen molar-refractivity contribution in [1.82, 2.24) is 9.55 Å². The Hall–Kier alpha value is -1.81. The molecule has 1 atom stereocenters. The minimum Gasteiger partial charge on any atom is -0.496 e. The van der Waals surface area contributed by atoms with Crippen molar-refractivity contribution < 1.29 is 4.74 Å². The molecule has 4 heteroatoms. The number of aryl methyl sites for hydroxylation is 1. The summed E-state index contributed by atoms with van der Waals surface area (Å²) in [5.41, 5.74) is 7.08. The average Bonchev–Trinajstić information content (AvgIpc) is 2.89. The lowest BCUT2D eigenvalue weighted by Gasteiger charge is -2.21. The number of aromatic nitrogens is 2. The van der Waals surface area contributed by atoms with Gasteiger partial charge in [0.25, 0.3) is 0 Å². The maximum Gasteiger partial charge on any atom is 0.124 e. The van der Waals surface area contributed by atoms with E-state index in [9.17, 15) is 0 Å². The van der Waals surface area contributed by atoms with E-state index in [0.717, 1.165) is 30.0 Å². The first kappa shape index (κ1) is 13.6. The molecule has 2 aromatic rings. The average molecular weight is 259 g/mol. The number of methoxy groups -OCH3 is 1. The van der Waals surface area contributed by atoms with Gasteiger partial charge in [0.15, 0.2) is 0 Å². The number of nitrogens with zero attached hydrogens (tertiary/aromatic N) is 2. The van der Waals surface area contributed by atoms with Gasteiger partial charge in [-0.15, -0.1) is 0 Å². The van der Waals surface area contributed by atoms with Gasteiger partial charge in [0, 0.05) is 30.9 Å². The molecule has 0 saturated heterocycles. The molecule has 0 saturated carbocycles. The zero-order valence-electron chi connectivity index (χ0n) is 11.5. The normalized spacial score (nSPS) is 12.4. The van der Waals surface area contributed by atoms with E-state index in [4.69, 9.17) is 10.5 Å². The first-order valence-electron chi connectivity index (χ1n) is 6.66. The second-order valence-electron chi connectivity index (χ2n) is 4.49. The van der Waals surface area contributed by atoms with Gasteiger partial charge in [-0.1, -0.05) is 25.1 Å². The Morgan fingerprint density at radius 3 is 2.84 bits per heavy atom. The molecule has 0 bridgehead atoms. The SMILES string of the molecule is CCCc1nccn1C(CN)c1ccccc1OC. The van der Waals surface area contributed by atoms with Crippen LogP contribution in [0.2, 0.25) is 0 Å². The molecular weight excluding hydrogens is 238 g/mol. The maximum atomic E-state index is 5.98. The van der Waals surface area contributed by atoms with Crippen molar-refractivity contribution in [2.45, 2.75) is 25.8 Å². The molecule has 1 aromatic heterocycles. The van der Waals surface area contributed by atoms with Gasteiger partial charge in [-0.3, -0.25) is 0 Å². The fourth-order valence-corrected chi connectivity index (χ4v) is 2.38. The second-order valence-corrected chi connectivity index (χ2v) is 4.49. The van der Waals surface area contributed by atoms with Crippen molar-refractivity contribution >= 4 is 0 Å². The van der Waals surface area contributed by atoms with Gasteiger partial charge in [-0.25, -0.2) is 4.98 Å². The number of para-hydroxylation sites is 1. The first-order chi connectivity index (χ1) is 9.31. The van der Waals surface area contributed by atoms with Crippen LogP contribution in [0.25, 0.3) is 0 Å². The summed E-state index contributed by atoms with van der Waals surface area (Å²) in [6, 6.07) is 8.08. The van der Waals surface area contributed by atoms with Crippen molar-refractivity contribution in [2.24, 2.45) is 5.73 Å². The third-order valence-electron chi connectivity index (χ3n) is 3.28. The van der Waals surface area contributed by atoms with E-state index < -0.39 is 0 Å². The summed E-state index contributed by atoms with van der Waals surface area (Å²) >= 11 is 0. The summed E-state index contributed by atoms with van der Waals surface area (Å²) in [6.07, 6.45) is 5.86. The highest BCUT2D eigenvalue weighted by Crippen LogP contribution is 2.28. The summed E-state index contributed by atoms with van der Waals surface area (Å²) in [7, 11) is 1.69. The fraction of sp³-hybridized carbons (Fsp3) is 0.400. The lowest BCUT2D eigenvalue weighted by atomic mass is 10.1. The molecule has 2 N–H and O–H groups in total. The standard InChI is InChI=1S/C15H21N3O/c1-3-6-15-17-9-10-18(15)13(11-16)12-7-4-5-8-14(12)19-2/h4-5,7-10,13H,3,6,11,16H2,1-2H3. The smallest absolute Gasteiger partial charge is 0.124 e. The van der Waals surface area contributed by atoms with Gasteiger partial charge < -0.3 is 15.0 Å². The van der Waals surface area contributed by atoms with Gasteiger partial charge in [-0.05, 0) is 12.5 Å². The predicted molar refractivity (Wildman–Crippen MR) is 76.4 cm³/mol. The Morgan fingerprint density at radius 1 is 1.37 bits per heavy atom. The summed E-state index contributed by atoms with van der Waals surface area (Å²) < 4.78 is 7.59. The van der Waals surface area contributed by atoms with Gasteiger partial charge in [0.05, 0.1) is 13.2 Å². The number of ether oxygens (including phenoxy) is 1. The van der Waals surface area contributed by atoms with Crippen LogP contribution in [0.4, 0.5) is 0 Å². The van der Waals surface area contributed by atoms with Crippen LogP contribution in [0.1, 0.15) is 30.8 Å². The molecule has 0 aliphatic carbocycles. The third kappa shape index (κ3) is 2.79. The highest BCUT2D eigenvalue weighted by molar-refractivity contribution is 5.36. The number of rotatable bonds is 6. The number of imidazole rings is 1. The van der Waals surface area contributed by atoms with Gasteiger partial charge >= 0.3 is 0 Å². The second kappa shape index (κ2) is 6.38. The Bertz CT molecular complexity index is 522. The molecule has 0 aliphatic heterocycles. The Kier molecular flexibility index (Phi) is 4.58. The van der Waals surface area contributed by atoms with Crippen molar-refractivity contribution in [3.63, 3.8) is 0 Å². The summed E-state index contributed by atoms with van der Waals surface area (Å²) in [5, 5.41) is 0. The Balaban J connectivity index is 2.41. The van der Waals surface area contributed by atoms with Crippen molar-refractivity contribution in [1.29, 1.82) is 0 Å². The van der Waals surface area contributed by atoms with Crippen molar-refractivity contribution in [3.8, 4) is 5.75 Å². The van der Waals surface area contributed by atoms with E-state index in [0.29, 0.717) is 6.54 Å². The molecule has 0 radical (unpaired) electrons. The molecule has 1 aromatic carbocycles. The third-order valence-corrected chi connectivity index (χ3v) is 3.28. The predicted octanol–water partition coefficient (Wildman–Crippen LogP) is 2.39. The Labute approximate surface area is 114 Å². The summed E-state index contributed by atoms with van der Waals surface area (Å²) in [4.78, 5) is 4.42. The monoisotopic (exact) mass is 259 g/mol. The molecule has 1 unspecified atom stereocenters. The van der Waals surface area contributed by atoms with Crippen LogP contribution in [0.5, 0.6) is 5.75 Å². The minimum atomic E-state index is 0.0696. The first-order valence-corrected chi connectivity index (χ1v) is 6.66. The largest absolute Gasteiger partial charge is 0.496 e. The molecule has 0 amide bonds. The minimum absolute atomic E-state index is 0.0696. The van der Waals surface area contributed by atoms with E-state index in [1.54, 1.807) is 7.11 Å². The zero-order chi connectivity index (χ0) is 13.7. The van der Waals surface area contributed by atoms with Crippen LogP contribution in [0, 0.1) is 0 Å². The summed E-state index contributed by atoms with van der Waals surface area (Å²) in [5.74, 6) is 1.94. The van der Waals surface area contributed by atoms with Crippen LogP contribution in [0.3, 0.4) is 0 Å². The van der Waals surface area contributed by atoms with E-state index in [1.807, 2.05) is 30.6 Å². The quantitative estimate of drug-likeness (QED) is 0.866. The lowest BCUT2D eigenvalue weighted by molar-refractivity contribution is 0.400. The molecule has 19 heavy (non-hydrogen) atoms. The topological polar surface area (TPSA) is 53.1 Å². The van der Waals surface area contributed by atoms with Gasteiger partial charge in [0.2, 0.25) is 0 Å². The Morgan fingerprint density at radius 2 is 2.16 bits per heavy atom. The lowest BCUT2D eigenvalue weighted by Crippen LogP contribution is -2.22. The molecule has 4 nitrogen and oxygen atoms in total. The molecular formula is C15H21N3O. The van der Waals surface area contributed by atoms with E-state index in [-0.39, 0.29) is 6.04 Å². The van der Waals surface area contributed by atoms with Gasteiger partial charge in [-0.2, -0.15) is 0 Å². The number of benzene rings is 1. The molecule has 2 rings (SSSR count). The van der Waals surface area contributed by atoms with E-state index in [1.165, 1.54) is 0 Å². The van der Waals surface area contributed by atoms with Crippen LogP contribution < -0.4 is 10.5 Å². The maximum absolute atomic E-state index is 5.98. The van der Waals surface area contributed by atoms with Crippen molar-refractivity contribution in [2.75, 3.05) is 13.7 Å². The van der Waals surface area contributed by atoms with Gasteiger partial charge in [0.1, 0.15) is 11.6 Å². The number of hydrogen-bond acceptors (Lipinski definition) is 3. The van der Waals surface area contributed by atoms with E-state index in [2.05, 4.69) is 22.5 Å². The van der Waals surface area contributed by atoms with Crippen LogP contribution in [-0.2, 0) is 6.42 Å². The fourth-order valence-electron chi connectivity index (χ4n) is 2.38. The zero-order valence-corrected chi connectivity index (χ0v) is 11.5. The molecule has 0 spiro atoms. The number of hydrogen-bond donors (Lipinski definition) is 1. The summed E-state index contributed by atoms with van der Waals surface area (Å²) in [6.45, 7) is 2.67. The molecule has 0 aliphatic rings. The van der Waals surface area contributed by atoms with Crippen LogP contribution in [0.15, 0.2) is 36.7 Å². The molecule has 102 valence electrons. The highest BCUT2D eigenvalue weighted by atomic mass is 16.5. The molecule has 1 heterocycles. The van der Waals surface area contributed by atoms with Crippen LogP contribution >= 0.6 is 0 Å². The highest BCUT2D eigenvalue weighted by Gasteiger charge is 2.18. The molecule has 0 fully saturated rings. The number of nitrogens with two attached hydrogens (primary N) is 1.